The predicted molar refractivity (Wildman–Crippen MR) is 146 cm³/mol. The number of ether oxygens (including phenoxy) is 1. The summed E-state index contributed by atoms with van der Waals surface area (Å²) in [6, 6.07) is 0. The number of carbonyl (C=O) groups excluding carboxylic acids is 1. The van der Waals surface area contributed by atoms with E-state index < -0.39 is 49.2 Å². The number of nitrogens with zero attached hydrogens (tertiary/aromatic N) is 3. The Morgan fingerprint density at radius 2 is 1.95 bits per heavy atom. The zero-order valence-electron chi connectivity index (χ0n) is 22.9. The summed E-state index contributed by atoms with van der Waals surface area (Å²) in [5.41, 5.74) is 3.62. The summed E-state index contributed by atoms with van der Waals surface area (Å²) in [6.45, 7) is 8.66. The molecule has 2 aromatic heterocycles. The molecule has 2 heterocycles. The van der Waals surface area contributed by atoms with Gasteiger partial charge in [-0.3, -0.25) is 28.2 Å². The summed E-state index contributed by atoms with van der Waals surface area (Å²) in [4.78, 5) is 34.6. The van der Waals surface area contributed by atoms with E-state index in [-0.39, 0.29) is 47.9 Å². The molecule has 0 bridgehead atoms. The predicted octanol–water partition coefficient (Wildman–Crippen LogP) is 0.594. The molecule has 2 rings (SSSR count). The quantitative estimate of drug-likeness (QED) is 0.123. The van der Waals surface area contributed by atoms with Crippen molar-refractivity contribution < 1.29 is 38.5 Å². The minimum Gasteiger partial charge on any atom is -0.395 e. The first-order chi connectivity index (χ1) is 18.0. The molecule has 39 heavy (non-hydrogen) atoms. The zero-order chi connectivity index (χ0) is 29.6. The lowest BCUT2D eigenvalue weighted by molar-refractivity contribution is -0.119. The third-order valence-electron chi connectivity index (χ3n) is 5.20. The number of nitrogens with one attached hydrogen (secondary N) is 2. The van der Waals surface area contributed by atoms with Crippen LogP contribution in [0, 0.1) is 5.41 Å². The van der Waals surface area contributed by atoms with Crippen LogP contribution >= 0.6 is 19.5 Å². The van der Waals surface area contributed by atoms with Crippen molar-refractivity contribution in [3.8, 4) is 0 Å². The van der Waals surface area contributed by atoms with Gasteiger partial charge in [0.2, 0.25) is 5.95 Å². The minimum absolute atomic E-state index is 0.0303. The van der Waals surface area contributed by atoms with Crippen molar-refractivity contribution in [3.05, 3.63) is 16.7 Å². The largest absolute Gasteiger partial charge is 0.406 e. The molecule has 0 saturated heterocycles. The summed E-state index contributed by atoms with van der Waals surface area (Å²) in [5.74, 6) is 0.0324. The molecule has 0 amide bonds. The summed E-state index contributed by atoms with van der Waals surface area (Å²) < 4.78 is 31.8. The van der Waals surface area contributed by atoms with Crippen LogP contribution in [0.3, 0.4) is 0 Å². The number of rotatable bonds is 15. The molecule has 0 aliphatic rings. The molecule has 7 N–H and O–H groups in total. The molecule has 15 nitrogen and oxygen atoms in total. The number of fused-ring (bicyclic) bond motifs is 1. The Morgan fingerprint density at radius 3 is 2.54 bits per heavy atom. The fraction of sp³-hybridized carbons (Fsp3) is 0.727. The maximum absolute atomic E-state index is 13.5. The summed E-state index contributed by atoms with van der Waals surface area (Å²) in [6.07, 6.45) is -2.58. The second-order valence-corrected chi connectivity index (χ2v) is 13.4. The number of hydrogen-bond acceptors (Lipinski definition) is 13. The first-order valence-electron chi connectivity index (χ1n) is 12.1. The topological polar surface area (TPSA) is 224 Å². The zero-order valence-corrected chi connectivity index (χ0v) is 24.6. The van der Waals surface area contributed by atoms with Gasteiger partial charge in [-0.1, -0.05) is 11.8 Å². The number of imidazole rings is 1. The highest BCUT2D eigenvalue weighted by Gasteiger charge is 2.34. The Bertz CT molecular complexity index is 1210. The standard InChI is InChI=1S/C22H39N6O9PS/c1-13(30)16(31)14(35-12-28-11-24-15-17(28)25-20(23)26-18(15)32)9-37-38(34,27-21(2,3)4)36-7-8-39-19(33)22(5,6)10-29/h11,13-14,16,29-31H,7-10,12H2,1-6H3,(H,27,34)(H3,23,25,26,32)/t13?,14-,16+,38?/m1/s1. The van der Waals surface area contributed by atoms with Gasteiger partial charge in [0, 0.05) is 11.3 Å². The molecule has 2 unspecified atom stereocenters. The van der Waals surface area contributed by atoms with E-state index in [0.717, 1.165) is 11.8 Å². The van der Waals surface area contributed by atoms with E-state index in [1.807, 2.05) is 0 Å². The smallest absolute Gasteiger partial charge is 0.395 e. The van der Waals surface area contributed by atoms with Crippen molar-refractivity contribution in [3.63, 3.8) is 0 Å². The van der Waals surface area contributed by atoms with Crippen LogP contribution in [0.4, 0.5) is 5.95 Å². The van der Waals surface area contributed by atoms with Crippen LogP contribution in [0.15, 0.2) is 11.1 Å². The van der Waals surface area contributed by atoms with Gasteiger partial charge in [-0.2, -0.15) is 4.98 Å². The lowest BCUT2D eigenvalue weighted by atomic mass is 9.97. The molecule has 0 aliphatic carbocycles. The van der Waals surface area contributed by atoms with E-state index in [4.69, 9.17) is 19.5 Å². The van der Waals surface area contributed by atoms with E-state index in [1.54, 1.807) is 34.6 Å². The first-order valence-corrected chi connectivity index (χ1v) is 14.7. The van der Waals surface area contributed by atoms with Crippen LogP contribution in [0.1, 0.15) is 41.5 Å². The third-order valence-corrected chi connectivity index (χ3v) is 8.34. The van der Waals surface area contributed by atoms with Gasteiger partial charge in [-0.05, 0) is 41.5 Å². The molecule has 4 atom stereocenters. The van der Waals surface area contributed by atoms with Gasteiger partial charge in [0.1, 0.15) is 18.9 Å². The van der Waals surface area contributed by atoms with E-state index >= 15 is 0 Å². The highest BCUT2D eigenvalue weighted by Crippen LogP contribution is 2.46. The van der Waals surface area contributed by atoms with Crippen LogP contribution in [0.25, 0.3) is 11.2 Å². The van der Waals surface area contributed by atoms with Gasteiger partial charge in [-0.15, -0.1) is 0 Å². The van der Waals surface area contributed by atoms with Crippen LogP contribution in [0.5, 0.6) is 0 Å². The maximum atomic E-state index is 13.5. The molecule has 2 aromatic rings. The molecular weight excluding hydrogens is 555 g/mol. The molecule has 0 aliphatic heterocycles. The van der Waals surface area contributed by atoms with Crippen molar-refractivity contribution in [2.24, 2.45) is 5.41 Å². The van der Waals surface area contributed by atoms with Gasteiger partial charge in [0.25, 0.3) is 5.56 Å². The van der Waals surface area contributed by atoms with E-state index in [9.17, 15) is 29.5 Å². The van der Waals surface area contributed by atoms with Crippen molar-refractivity contribution in [2.45, 2.75) is 72.1 Å². The fourth-order valence-corrected chi connectivity index (χ4v) is 5.66. The average Bonchev–Trinajstić information content (AvgIpc) is 3.23. The van der Waals surface area contributed by atoms with Gasteiger partial charge in [0.05, 0.1) is 37.7 Å². The summed E-state index contributed by atoms with van der Waals surface area (Å²) in [5, 5.41) is 32.4. The van der Waals surface area contributed by atoms with E-state index in [2.05, 4.69) is 20.0 Å². The SMILES string of the molecule is CC(O)[C@H](O)[C@@H](COP(=O)(NC(C)(C)C)OCCSC(=O)C(C)(C)CO)OCn1cnc2c(=O)[nH]c(N)nc21. The fourth-order valence-electron chi connectivity index (χ4n) is 3.03. The van der Waals surface area contributed by atoms with E-state index in [1.165, 1.54) is 17.8 Å². The molecule has 0 saturated carbocycles. The first kappa shape index (κ1) is 33.3. The van der Waals surface area contributed by atoms with Crippen LogP contribution in [-0.4, -0.2) is 89.4 Å². The average molecular weight is 595 g/mol. The lowest BCUT2D eigenvalue weighted by Gasteiger charge is -2.30. The highest BCUT2D eigenvalue weighted by molar-refractivity contribution is 8.13. The van der Waals surface area contributed by atoms with Crippen molar-refractivity contribution in [1.82, 2.24) is 24.6 Å². The summed E-state index contributed by atoms with van der Waals surface area (Å²) >= 11 is 0.935. The molecule has 17 heteroatoms. The number of nitrogen functional groups attached to an aromatic ring is 1. The van der Waals surface area contributed by atoms with Gasteiger partial charge < -0.3 is 25.8 Å². The van der Waals surface area contributed by atoms with Crippen LogP contribution in [-0.2, 0) is 29.9 Å². The number of nitrogens with two attached hydrogens (primary N) is 1. The number of H-pyrrole nitrogens is 1. The Morgan fingerprint density at radius 1 is 1.28 bits per heavy atom. The number of anilines is 1. The molecule has 0 aromatic carbocycles. The lowest BCUT2D eigenvalue weighted by Crippen LogP contribution is -2.42. The number of aliphatic hydroxyl groups excluding tert-OH is 3. The minimum atomic E-state index is -4.00. The van der Waals surface area contributed by atoms with Crippen molar-refractivity contribution in [1.29, 1.82) is 0 Å². The van der Waals surface area contributed by atoms with Crippen LogP contribution in [0.2, 0.25) is 0 Å². The molecular formula is C22H39N6O9PS. The monoisotopic (exact) mass is 594 g/mol. The number of aromatic amines is 1. The second-order valence-electron chi connectivity index (χ2n) is 10.6. The Labute approximate surface area is 230 Å². The van der Waals surface area contributed by atoms with Crippen molar-refractivity contribution in [2.75, 3.05) is 31.3 Å². The summed E-state index contributed by atoms with van der Waals surface area (Å²) in [7, 11) is -4.00. The Kier molecular flexibility index (Phi) is 11.7. The van der Waals surface area contributed by atoms with Crippen molar-refractivity contribution >= 4 is 41.7 Å². The number of carbonyl (C=O) groups is 1. The van der Waals surface area contributed by atoms with E-state index in [0.29, 0.717) is 0 Å². The Hall–Kier alpha value is -1.88. The maximum Gasteiger partial charge on any atom is 0.406 e. The van der Waals surface area contributed by atoms with Gasteiger partial charge in [-0.25, -0.2) is 14.6 Å². The molecule has 0 radical (unpaired) electrons. The van der Waals surface area contributed by atoms with Gasteiger partial charge in [0.15, 0.2) is 16.3 Å². The number of aromatic nitrogens is 4. The molecule has 0 spiro atoms. The normalized spacial score (nSPS) is 16.6. The number of thioether (sulfide) groups is 1. The number of hydrogen-bond donors (Lipinski definition) is 6. The highest BCUT2D eigenvalue weighted by atomic mass is 32.2. The molecule has 222 valence electrons. The third kappa shape index (κ3) is 9.92. The number of aliphatic hydroxyl groups is 3. The van der Waals surface area contributed by atoms with Crippen LogP contribution < -0.4 is 16.4 Å². The Balaban J connectivity index is 2.12. The van der Waals surface area contributed by atoms with Gasteiger partial charge >= 0.3 is 7.75 Å². The second kappa shape index (κ2) is 13.7. The molecule has 0 fully saturated rings.